The van der Waals surface area contributed by atoms with Gasteiger partial charge in [0.1, 0.15) is 0 Å². The van der Waals surface area contributed by atoms with Crippen molar-refractivity contribution in [1.82, 2.24) is 15.5 Å². The number of hydrogen-bond donors (Lipinski definition) is 3. The number of aliphatic hydroxyl groups excluding tert-OH is 1. The summed E-state index contributed by atoms with van der Waals surface area (Å²) in [6.07, 6.45) is 2.90. The van der Waals surface area contributed by atoms with E-state index in [1.54, 1.807) is 0 Å². The van der Waals surface area contributed by atoms with Crippen LogP contribution in [-0.4, -0.2) is 48.3 Å². The fourth-order valence-electron chi connectivity index (χ4n) is 4.01. The molecule has 1 saturated heterocycles. The molecule has 0 aromatic heterocycles. The number of nitrogens with zero attached hydrogens (tertiary/aromatic N) is 1. The summed E-state index contributed by atoms with van der Waals surface area (Å²) >= 11 is 0. The highest BCUT2D eigenvalue weighted by Gasteiger charge is 2.42. The Bertz CT molecular complexity index is 508. The molecule has 1 aromatic carbocycles. The van der Waals surface area contributed by atoms with E-state index in [0.29, 0.717) is 24.8 Å². The maximum Gasteiger partial charge on any atom is 0.315 e. The van der Waals surface area contributed by atoms with Gasteiger partial charge in [-0.15, -0.1) is 0 Å². The van der Waals surface area contributed by atoms with Crippen LogP contribution in [0.15, 0.2) is 30.3 Å². The predicted octanol–water partition coefficient (Wildman–Crippen LogP) is 1.58. The quantitative estimate of drug-likeness (QED) is 0.698. The average Bonchev–Trinajstić information content (AvgIpc) is 3.10. The molecule has 23 heavy (non-hydrogen) atoms. The Morgan fingerprint density at radius 3 is 2.83 bits per heavy atom. The van der Waals surface area contributed by atoms with Gasteiger partial charge in [0, 0.05) is 38.8 Å². The van der Waals surface area contributed by atoms with Gasteiger partial charge in [-0.25, -0.2) is 4.79 Å². The van der Waals surface area contributed by atoms with Gasteiger partial charge in [-0.05, 0) is 36.7 Å². The first-order valence-electron chi connectivity index (χ1n) is 8.68. The summed E-state index contributed by atoms with van der Waals surface area (Å²) < 4.78 is 0. The molecule has 126 valence electrons. The molecule has 1 aliphatic carbocycles. The van der Waals surface area contributed by atoms with Crippen molar-refractivity contribution in [3.05, 3.63) is 35.9 Å². The smallest absolute Gasteiger partial charge is 0.315 e. The molecule has 5 nitrogen and oxygen atoms in total. The second kappa shape index (κ2) is 7.79. The highest BCUT2D eigenvalue weighted by Crippen LogP contribution is 2.38. The molecule has 0 spiro atoms. The van der Waals surface area contributed by atoms with Crippen LogP contribution in [0.1, 0.15) is 24.8 Å². The summed E-state index contributed by atoms with van der Waals surface area (Å²) in [5.41, 5.74) is 1.36. The molecule has 3 rings (SSSR count). The Hall–Kier alpha value is -1.59. The first-order valence-corrected chi connectivity index (χ1v) is 8.68. The zero-order valence-electron chi connectivity index (χ0n) is 13.6. The molecule has 2 fully saturated rings. The third-order valence-electron chi connectivity index (χ3n) is 5.12. The summed E-state index contributed by atoms with van der Waals surface area (Å²) in [5, 5.41) is 14.7. The molecule has 0 radical (unpaired) electrons. The fraction of sp³-hybridized carbons (Fsp3) is 0.611. The molecule has 0 bridgehead atoms. The SMILES string of the molecule is O=C(NCCCO)N[C@@H]1CC[C@@H]2CN(Cc3ccccc3)C[C@@H]21. The van der Waals surface area contributed by atoms with Crippen LogP contribution < -0.4 is 10.6 Å². The third-order valence-corrected chi connectivity index (χ3v) is 5.12. The molecule has 1 aliphatic heterocycles. The molecular formula is C18H27N3O2. The summed E-state index contributed by atoms with van der Waals surface area (Å²) in [6.45, 7) is 3.86. The number of carbonyl (C=O) groups is 1. The first-order chi connectivity index (χ1) is 11.3. The Kier molecular flexibility index (Phi) is 5.51. The Balaban J connectivity index is 1.48. The van der Waals surface area contributed by atoms with Gasteiger partial charge in [0.05, 0.1) is 0 Å². The molecule has 3 N–H and O–H groups in total. The summed E-state index contributed by atoms with van der Waals surface area (Å²) in [5.74, 6) is 1.28. The van der Waals surface area contributed by atoms with Crippen molar-refractivity contribution in [3.8, 4) is 0 Å². The van der Waals surface area contributed by atoms with E-state index in [4.69, 9.17) is 5.11 Å². The highest BCUT2D eigenvalue weighted by molar-refractivity contribution is 5.74. The van der Waals surface area contributed by atoms with Crippen LogP contribution in [0.2, 0.25) is 0 Å². The minimum atomic E-state index is -0.0920. The molecule has 2 amide bonds. The maximum atomic E-state index is 11.9. The van der Waals surface area contributed by atoms with Crippen LogP contribution in [0.3, 0.4) is 0 Å². The fourth-order valence-corrected chi connectivity index (χ4v) is 4.01. The van der Waals surface area contributed by atoms with Crippen molar-refractivity contribution in [3.63, 3.8) is 0 Å². The van der Waals surface area contributed by atoms with Gasteiger partial charge in [0.2, 0.25) is 0 Å². The second-order valence-electron chi connectivity index (χ2n) is 6.76. The number of carbonyl (C=O) groups excluding carboxylic acids is 1. The number of likely N-dealkylation sites (tertiary alicyclic amines) is 1. The normalized spacial score (nSPS) is 26.9. The van der Waals surface area contributed by atoms with E-state index in [9.17, 15) is 4.79 Å². The third kappa shape index (κ3) is 4.24. The minimum Gasteiger partial charge on any atom is -0.396 e. The molecule has 3 atom stereocenters. The predicted molar refractivity (Wildman–Crippen MR) is 90.0 cm³/mol. The molecular weight excluding hydrogens is 290 g/mol. The maximum absolute atomic E-state index is 11.9. The van der Waals surface area contributed by atoms with Gasteiger partial charge in [-0.2, -0.15) is 0 Å². The van der Waals surface area contributed by atoms with Gasteiger partial charge in [0.15, 0.2) is 0 Å². The lowest BCUT2D eigenvalue weighted by atomic mass is 9.98. The van der Waals surface area contributed by atoms with Crippen LogP contribution in [-0.2, 0) is 6.54 Å². The molecule has 0 unspecified atom stereocenters. The molecule has 1 heterocycles. The van der Waals surface area contributed by atoms with Crippen LogP contribution in [0.4, 0.5) is 4.79 Å². The number of benzene rings is 1. The lowest BCUT2D eigenvalue weighted by molar-refractivity contribution is 0.228. The number of aliphatic hydroxyl groups is 1. The second-order valence-corrected chi connectivity index (χ2v) is 6.76. The van der Waals surface area contributed by atoms with Crippen LogP contribution in [0.25, 0.3) is 0 Å². The lowest BCUT2D eigenvalue weighted by Gasteiger charge is -2.22. The minimum absolute atomic E-state index is 0.0920. The number of rotatable bonds is 6. The summed E-state index contributed by atoms with van der Waals surface area (Å²) in [4.78, 5) is 14.4. The van der Waals surface area contributed by atoms with E-state index in [1.165, 1.54) is 12.0 Å². The van der Waals surface area contributed by atoms with E-state index < -0.39 is 0 Å². The summed E-state index contributed by atoms with van der Waals surface area (Å²) in [6, 6.07) is 10.8. The Labute approximate surface area is 138 Å². The van der Waals surface area contributed by atoms with Crippen LogP contribution in [0, 0.1) is 11.8 Å². The number of hydrogen-bond acceptors (Lipinski definition) is 3. The monoisotopic (exact) mass is 317 g/mol. The number of nitrogens with one attached hydrogen (secondary N) is 2. The van der Waals surface area contributed by atoms with Gasteiger partial charge in [-0.3, -0.25) is 4.90 Å². The topological polar surface area (TPSA) is 64.6 Å². The number of amides is 2. The van der Waals surface area contributed by atoms with Gasteiger partial charge in [-0.1, -0.05) is 30.3 Å². The van der Waals surface area contributed by atoms with Gasteiger partial charge in [0.25, 0.3) is 0 Å². The number of urea groups is 1. The first kappa shape index (κ1) is 16.3. The van der Waals surface area contributed by atoms with E-state index in [-0.39, 0.29) is 18.7 Å². The zero-order chi connectivity index (χ0) is 16.1. The van der Waals surface area contributed by atoms with Crippen molar-refractivity contribution in [1.29, 1.82) is 0 Å². The van der Waals surface area contributed by atoms with Crippen LogP contribution in [0.5, 0.6) is 0 Å². The van der Waals surface area contributed by atoms with Gasteiger partial charge >= 0.3 is 6.03 Å². The standard InChI is InChI=1S/C18H27N3O2/c22-10-4-9-19-18(23)20-17-8-7-15-12-21(13-16(15)17)11-14-5-2-1-3-6-14/h1-3,5-6,15-17,22H,4,7-13H2,(H2,19,20,23)/t15-,16+,17-/m1/s1. The van der Waals surface area contributed by atoms with Crippen molar-refractivity contribution in [2.75, 3.05) is 26.2 Å². The largest absolute Gasteiger partial charge is 0.396 e. The lowest BCUT2D eigenvalue weighted by Crippen LogP contribution is -2.45. The Morgan fingerprint density at radius 1 is 1.22 bits per heavy atom. The van der Waals surface area contributed by atoms with Gasteiger partial charge < -0.3 is 15.7 Å². The van der Waals surface area contributed by atoms with Crippen molar-refractivity contribution >= 4 is 6.03 Å². The number of fused-ring (bicyclic) bond motifs is 1. The van der Waals surface area contributed by atoms with Crippen LogP contribution >= 0.6 is 0 Å². The highest BCUT2D eigenvalue weighted by atomic mass is 16.3. The van der Waals surface area contributed by atoms with Crippen molar-refractivity contribution in [2.24, 2.45) is 11.8 Å². The summed E-state index contributed by atoms with van der Waals surface area (Å²) in [7, 11) is 0. The van der Waals surface area contributed by atoms with E-state index in [0.717, 1.165) is 26.1 Å². The van der Waals surface area contributed by atoms with Crippen molar-refractivity contribution < 1.29 is 9.90 Å². The van der Waals surface area contributed by atoms with E-state index >= 15 is 0 Å². The molecule has 1 aromatic rings. The Morgan fingerprint density at radius 2 is 2.04 bits per heavy atom. The van der Waals surface area contributed by atoms with E-state index in [2.05, 4.69) is 45.9 Å². The zero-order valence-corrected chi connectivity index (χ0v) is 13.6. The molecule has 1 saturated carbocycles. The average molecular weight is 317 g/mol. The molecule has 2 aliphatic rings. The van der Waals surface area contributed by atoms with Crippen molar-refractivity contribution in [2.45, 2.75) is 31.8 Å². The van der Waals surface area contributed by atoms with E-state index in [1.807, 2.05) is 0 Å². The molecule has 5 heteroatoms.